The number of amides is 1. The van der Waals surface area contributed by atoms with Crippen molar-refractivity contribution in [3.63, 3.8) is 0 Å². The van der Waals surface area contributed by atoms with Crippen LogP contribution in [0.4, 0.5) is 11.8 Å². The summed E-state index contributed by atoms with van der Waals surface area (Å²) in [4.78, 5) is 36.7. The number of anilines is 2. The van der Waals surface area contributed by atoms with Crippen LogP contribution in [0.25, 0.3) is 22.0 Å². The molecule has 200 valence electrons. The minimum absolute atomic E-state index is 0.00912. The van der Waals surface area contributed by atoms with Crippen LogP contribution >= 0.6 is 0 Å². The quantitative estimate of drug-likeness (QED) is 0.268. The Balaban J connectivity index is 1.07. The Labute approximate surface area is 229 Å². The normalized spacial score (nSPS) is 17.0. The first-order valence-corrected chi connectivity index (χ1v) is 13.6. The maximum Gasteiger partial charge on any atom is 0.225 e. The van der Waals surface area contributed by atoms with Crippen molar-refractivity contribution in [2.45, 2.75) is 50.6 Å². The van der Waals surface area contributed by atoms with Crippen LogP contribution in [0.5, 0.6) is 0 Å². The number of nitrogens with zero attached hydrogens (tertiary/aromatic N) is 3. The van der Waals surface area contributed by atoms with Gasteiger partial charge in [-0.05, 0) is 48.9 Å². The Morgan fingerprint density at radius 2 is 1.41 bits per heavy atom. The summed E-state index contributed by atoms with van der Waals surface area (Å²) in [6, 6.07) is 26.1. The van der Waals surface area contributed by atoms with Crippen LogP contribution in [0.2, 0.25) is 0 Å². The summed E-state index contributed by atoms with van der Waals surface area (Å²) in [5.74, 6) is 1.46. The molecular weight excluding hydrogens is 486 g/mol. The number of carbonyl (C=O) groups is 2. The van der Waals surface area contributed by atoms with Gasteiger partial charge in [-0.1, -0.05) is 66.7 Å². The molecule has 1 aliphatic rings. The van der Waals surface area contributed by atoms with Gasteiger partial charge in [0.05, 0.1) is 5.52 Å². The molecule has 3 aromatic carbocycles. The lowest BCUT2D eigenvalue weighted by Crippen LogP contribution is -2.40. The molecule has 0 spiro atoms. The second kappa shape index (κ2) is 12.1. The first kappa shape index (κ1) is 26.4. The molecule has 0 aliphatic heterocycles. The molecule has 0 saturated heterocycles. The number of hydrogen-bond donors (Lipinski definition) is 2. The molecule has 1 saturated carbocycles. The number of carbonyl (C=O) groups excluding carboxylic acids is 2. The van der Waals surface area contributed by atoms with Gasteiger partial charge in [-0.3, -0.25) is 9.59 Å². The zero-order chi connectivity index (χ0) is 27.2. The number of fused-ring (bicyclic) bond motifs is 1. The van der Waals surface area contributed by atoms with Gasteiger partial charge in [0.15, 0.2) is 5.78 Å². The van der Waals surface area contributed by atoms with Crippen molar-refractivity contribution in [1.29, 1.82) is 0 Å². The largest absolute Gasteiger partial charge is 0.362 e. The standard InChI is InChI=1S/C32H35N5O2/c1-37(2)31-27-10-6-7-11-28(27)35-32(36-31)34-26-18-16-25(17-19-26)33-30(39)21-20-29(38)24-14-12-23(13-15-24)22-8-4-3-5-9-22/h3-15,25-26H,16-21H2,1-2H3,(H,33,39)(H,34,35,36)/t25-,26+. The highest BCUT2D eigenvalue weighted by molar-refractivity contribution is 5.98. The Kier molecular flexibility index (Phi) is 8.16. The van der Waals surface area contributed by atoms with Crippen LogP contribution in [-0.2, 0) is 4.79 Å². The third kappa shape index (κ3) is 6.60. The molecule has 2 N–H and O–H groups in total. The number of ketones is 1. The van der Waals surface area contributed by atoms with E-state index in [0.717, 1.165) is 53.5 Å². The van der Waals surface area contributed by atoms with Crippen LogP contribution in [0.1, 0.15) is 48.9 Å². The number of Topliss-reactive ketones (excluding diaryl/α,β-unsaturated/α-hetero) is 1. The average molecular weight is 522 g/mol. The lowest BCUT2D eigenvalue weighted by atomic mass is 9.91. The van der Waals surface area contributed by atoms with Crippen LogP contribution < -0.4 is 15.5 Å². The molecule has 39 heavy (non-hydrogen) atoms. The molecule has 0 atom stereocenters. The Morgan fingerprint density at radius 3 is 2.13 bits per heavy atom. The zero-order valence-corrected chi connectivity index (χ0v) is 22.6. The van der Waals surface area contributed by atoms with E-state index in [-0.39, 0.29) is 36.6 Å². The van der Waals surface area contributed by atoms with Gasteiger partial charge >= 0.3 is 0 Å². The number of nitrogens with one attached hydrogen (secondary N) is 2. The summed E-state index contributed by atoms with van der Waals surface area (Å²) in [6.45, 7) is 0. The minimum atomic E-state index is -0.0610. The molecule has 1 fully saturated rings. The van der Waals surface area contributed by atoms with Gasteiger partial charge in [-0.2, -0.15) is 4.98 Å². The van der Waals surface area contributed by atoms with Gasteiger partial charge in [0.25, 0.3) is 0 Å². The van der Waals surface area contributed by atoms with Crippen LogP contribution in [0.3, 0.4) is 0 Å². The lowest BCUT2D eigenvalue weighted by molar-refractivity contribution is -0.122. The fourth-order valence-corrected chi connectivity index (χ4v) is 5.18. The van der Waals surface area contributed by atoms with Crippen molar-refractivity contribution < 1.29 is 9.59 Å². The van der Waals surface area contributed by atoms with E-state index in [1.807, 2.05) is 97.9 Å². The number of rotatable bonds is 9. The van der Waals surface area contributed by atoms with Gasteiger partial charge in [0, 0.05) is 50.0 Å². The van der Waals surface area contributed by atoms with Gasteiger partial charge < -0.3 is 15.5 Å². The third-order valence-electron chi connectivity index (χ3n) is 7.33. The highest BCUT2D eigenvalue weighted by atomic mass is 16.2. The minimum Gasteiger partial charge on any atom is -0.362 e. The molecule has 1 aliphatic carbocycles. The maximum absolute atomic E-state index is 12.7. The SMILES string of the molecule is CN(C)c1nc(N[C@H]2CC[C@@H](NC(=O)CCC(=O)c3ccc(-c4ccccc4)cc3)CC2)nc2ccccc12. The first-order chi connectivity index (χ1) is 19.0. The zero-order valence-electron chi connectivity index (χ0n) is 22.6. The van der Waals surface area contributed by atoms with Gasteiger partial charge in [-0.25, -0.2) is 4.98 Å². The summed E-state index contributed by atoms with van der Waals surface area (Å²) < 4.78 is 0. The van der Waals surface area contributed by atoms with E-state index in [9.17, 15) is 9.59 Å². The van der Waals surface area contributed by atoms with Crippen LogP contribution in [0, 0.1) is 0 Å². The Bertz CT molecular complexity index is 1430. The van der Waals surface area contributed by atoms with E-state index in [1.165, 1.54) is 0 Å². The third-order valence-corrected chi connectivity index (χ3v) is 7.33. The monoisotopic (exact) mass is 521 g/mol. The van der Waals surface area contributed by atoms with Gasteiger partial charge in [0.1, 0.15) is 5.82 Å². The highest BCUT2D eigenvalue weighted by Gasteiger charge is 2.23. The summed E-state index contributed by atoms with van der Waals surface area (Å²) in [7, 11) is 3.98. The van der Waals surface area contributed by atoms with Crippen molar-refractivity contribution in [2.24, 2.45) is 0 Å². The molecule has 0 bridgehead atoms. The molecular formula is C32H35N5O2. The molecule has 5 rings (SSSR count). The molecule has 0 radical (unpaired) electrons. The number of hydrogen-bond acceptors (Lipinski definition) is 6. The van der Waals surface area contributed by atoms with Crippen LogP contribution in [-0.4, -0.2) is 47.8 Å². The van der Waals surface area contributed by atoms with Crippen molar-refractivity contribution in [3.05, 3.63) is 84.4 Å². The first-order valence-electron chi connectivity index (χ1n) is 13.6. The fraction of sp³-hybridized carbons (Fsp3) is 0.312. The van der Waals surface area contributed by atoms with E-state index < -0.39 is 0 Å². The number of para-hydroxylation sites is 1. The Hall–Kier alpha value is -4.26. The topological polar surface area (TPSA) is 87.2 Å². The van der Waals surface area contributed by atoms with Gasteiger partial charge in [-0.15, -0.1) is 0 Å². The van der Waals surface area contributed by atoms with Crippen molar-refractivity contribution >= 4 is 34.4 Å². The molecule has 1 aromatic heterocycles. The summed E-state index contributed by atoms with van der Waals surface area (Å²) >= 11 is 0. The maximum atomic E-state index is 12.7. The summed E-state index contributed by atoms with van der Waals surface area (Å²) in [5.41, 5.74) is 3.74. The van der Waals surface area contributed by atoms with E-state index >= 15 is 0 Å². The van der Waals surface area contributed by atoms with Crippen molar-refractivity contribution in [2.75, 3.05) is 24.3 Å². The molecule has 1 amide bonds. The molecule has 0 unspecified atom stereocenters. The van der Waals surface area contributed by atoms with E-state index in [0.29, 0.717) is 11.5 Å². The number of aromatic nitrogens is 2. The van der Waals surface area contributed by atoms with Crippen molar-refractivity contribution in [3.8, 4) is 11.1 Å². The predicted octanol–water partition coefficient (Wildman–Crippen LogP) is 5.87. The average Bonchev–Trinajstić information content (AvgIpc) is 2.97. The van der Waals surface area contributed by atoms with E-state index in [1.54, 1.807) is 0 Å². The molecule has 7 heteroatoms. The second-order valence-corrected chi connectivity index (χ2v) is 10.4. The molecule has 1 heterocycles. The molecule has 4 aromatic rings. The molecule has 7 nitrogen and oxygen atoms in total. The Morgan fingerprint density at radius 1 is 0.769 bits per heavy atom. The fourth-order valence-electron chi connectivity index (χ4n) is 5.18. The van der Waals surface area contributed by atoms with E-state index in [4.69, 9.17) is 9.97 Å². The van der Waals surface area contributed by atoms with Crippen LogP contribution in [0.15, 0.2) is 78.9 Å². The smallest absolute Gasteiger partial charge is 0.225 e. The predicted molar refractivity (Wildman–Crippen MR) is 157 cm³/mol. The van der Waals surface area contributed by atoms with Gasteiger partial charge in [0.2, 0.25) is 11.9 Å². The van der Waals surface area contributed by atoms with E-state index in [2.05, 4.69) is 10.6 Å². The van der Waals surface area contributed by atoms with Crippen molar-refractivity contribution in [1.82, 2.24) is 15.3 Å². The second-order valence-electron chi connectivity index (χ2n) is 10.4. The summed E-state index contributed by atoms with van der Waals surface area (Å²) in [5, 5.41) is 7.67. The highest BCUT2D eigenvalue weighted by Crippen LogP contribution is 2.26. The summed E-state index contributed by atoms with van der Waals surface area (Å²) in [6.07, 6.45) is 4.02. The lowest BCUT2D eigenvalue weighted by Gasteiger charge is -2.30. The number of benzene rings is 3.